The number of amides is 1. The topological polar surface area (TPSA) is 77.5 Å². The average molecular weight is 513 g/mol. The lowest BCUT2D eigenvalue weighted by Gasteiger charge is -2.24. The summed E-state index contributed by atoms with van der Waals surface area (Å²) in [7, 11) is 0. The lowest BCUT2D eigenvalue weighted by atomic mass is 9.83. The first-order valence-corrected chi connectivity index (χ1v) is 13.8. The summed E-state index contributed by atoms with van der Waals surface area (Å²) in [5.41, 5.74) is 4.61. The van der Waals surface area contributed by atoms with Crippen molar-refractivity contribution in [3.8, 4) is 22.6 Å². The minimum atomic E-state index is -0.422. The average Bonchev–Trinajstić information content (AvgIpc) is 3.64. The summed E-state index contributed by atoms with van der Waals surface area (Å²) < 4.78 is 11.6. The van der Waals surface area contributed by atoms with Crippen LogP contribution in [0.5, 0.6) is 11.5 Å². The van der Waals surface area contributed by atoms with Gasteiger partial charge in [0.1, 0.15) is 11.5 Å². The van der Waals surface area contributed by atoms with Crippen LogP contribution in [0.2, 0.25) is 0 Å². The smallest absolute Gasteiger partial charge is 0.232 e. The van der Waals surface area contributed by atoms with Crippen molar-refractivity contribution in [1.29, 1.82) is 0 Å². The molecular weight excluding hydrogens is 476 g/mol. The van der Waals surface area contributed by atoms with Gasteiger partial charge < -0.3 is 14.8 Å². The van der Waals surface area contributed by atoms with E-state index in [2.05, 4.69) is 34.6 Å². The highest BCUT2D eigenvalue weighted by Crippen LogP contribution is 2.40. The number of aromatic nitrogens is 1. The first-order valence-electron chi connectivity index (χ1n) is 13.8. The van der Waals surface area contributed by atoms with Gasteiger partial charge in [-0.05, 0) is 74.8 Å². The molecule has 2 saturated carbocycles. The van der Waals surface area contributed by atoms with E-state index < -0.39 is 6.10 Å². The molecule has 1 aromatic heterocycles. The monoisotopic (exact) mass is 512 g/mol. The van der Waals surface area contributed by atoms with E-state index in [9.17, 15) is 9.59 Å². The second-order valence-corrected chi connectivity index (χ2v) is 10.5. The molecule has 3 aromatic rings. The van der Waals surface area contributed by atoms with Crippen molar-refractivity contribution in [2.75, 3.05) is 11.9 Å². The molecule has 0 aliphatic heterocycles. The second-order valence-electron chi connectivity index (χ2n) is 10.5. The van der Waals surface area contributed by atoms with Gasteiger partial charge in [0.05, 0.1) is 18.7 Å². The van der Waals surface area contributed by atoms with Gasteiger partial charge in [-0.2, -0.15) is 0 Å². The Balaban J connectivity index is 1.36. The number of nitrogens with zero attached hydrogens (tertiary/aromatic N) is 1. The highest BCUT2D eigenvalue weighted by Gasteiger charge is 2.34. The minimum Gasteiger partial charge on any atom is -0.492 e. The number of carbonyl (C=O) groups is 2. The summed E-state index contributed by atoms with van der Waals surface area (Å²) in [6.07, 6.45) is 10.5. The number of hydrogen-bond donors (Lipinski definition) is 1. The normalized spacial score (nSPS) is 17.0. The van der Waals surface area contributed by atoms with E-state index in [1.54, 1.807) is 6.20 Å². The summed E-state index contributed by atoms with van der Waals surface area (Å²) in [4.78, 5) is 29.6. The fourth-order valence-corrected chi connectivity index (χ4v) is 5.53. The molecule has 1 N–H and O–H groups in total. The van der Waals surface area contributed by atoms with Gasteiger partial charge in [0, 0.05) is 28.9 Å². The van der Waals surface area contributed by atoms with Gasteiger partial charge in [-0.3, -0.25) is 14.6 Å². The molecule has 1 amide bonds. The number of pyridine rings is 1. The Morgan fingerprint density at radius 1 is 1.03 bits per heavy atom. The molecule has 0 spiro atoms. The SMILES string of the molecule is CCOc1cncc(-c2ccc(C(C(=O)Nc3cccc(OC(C=O)C4CC4)c3C)C3CCCC3)cc2)c1. The maximum atomic E-state index is 13.8. The van der Waals surface area contributed by atoms with Gasteiger partial charge in [0.2, 0.25) is 5.91 Å². The number of aldehydes is 1. The summed E-state index contributed by atoms with van der Waals surface area (Å²) in [6.45, 7) is 4.48. The summed E-state index contributed by atoms with van der Waals surface area (Å²) >= 11 is 0. The molecule has 198 valence electrons. The van der Waals surface area contributed by atoms with Crippen LogP contribution in [0.1, 0.15) is 62.5 Å². The van der Waals surface area contributed by atoms with Crippen LogP contribution in [0.4, 0.5) is 5.69 Å². The Morgan fingerprint density at radius 2 is 1.79 bits per heavy atom. The summed E-state index contributed by atoms with van der Waals surface area (Å²) in [6, 6.07) is 15.9. The van der Waals surface area contributed by atoms with Crippen molar-refractivity contribution in [3.05, 3.63) is 72.1 Å². The lowest BCUT2D eigenvalue weighted by Crippen LogP contribution is -2.27. The Hall–Kier alpha value is -3.67. The summed E-state index contributed by atoms with van der Waals surface area (Å²) in [5.74, 6) is 1.76. The number of carbonyl (C=O) groups excluding carboxylic acids is 2. The van der Waals surface area contributed by atoms with Gasteiger partial charge in [-0.1, -0.05) is 43.2 Å². The van der Waals surface area contributed by atoms with E-state index in [-0.39, 0.29) is 11.8 Å². The molecule has 1 heterocycles. The van der Waals surface area contributed by atoms with Crippen molar-refractivity contribution in [2.45, 2.75) is 64.4 Å². The molecule has 0 saturated heterocycles. The number of rotatable bonds is 11. The third kappa shape index (κ3) is 5.90. The largest absolute Gasteiger partial charge is 0.492 e. The van der Waals surface area contributed by atoms with Gasteiger partial charge in [-0.15, -0.1) is 0 Å². The van der Waals surface area contributed by atoms with Crippen molar-refractivity contribution in [2.24, 2.45) is 11.8 Å². The standard InChI is InChI=1S/C32H36N2O4/c1-3-37-27-17-26(18-33-19-27)22-11-15-25(16-12-22)31(24-7-4-5-8-24)32(36)34-28-9-6-10-29(21(28)2)38-30(20-35)23-13-14-23/h6,9-12,15-20,23-24,30-31H,3-5,7-8,13-14H2,1-2H3,(H,34,36). The van der Waals surface area contributed by atoms with Crippen molar-refractivity contribution < 1.29 is 19.1 Å². The third-order valence-corrected chi connectivity index (χ3v) is 7.81. The highest BCUT2D eigenvalue weighted by atomic mass is 16.5. The number of ether oxygens (including phenoxy) is 2. The first kappa shape index (κ1) is 26.0. The Labute approximate surface area is 224 Å². The van der Waals surface area contributed by atoms with Gasteiger partial charge in [-0.25, -0.2) is 0 Å². The molecule has 0 bridgehead atoms. The molecule has 2 aliphatic rings. The molecule has 2 atom stereocenters. The number of nitrogens with one attached hydrogen (secondary N) is 1. The van der Waals surface area contributed by atoms with Crippen molar-refractivity contribution in [3.63, 3.8) is 0 Å². The van der Waals surface area contributed by atoms with E-state index in [1.807, 2.05) is 44.3 Å². The van der Waals surface area contributed by atoms with Crippen LogP contribution in [-0.4, -0.2) is 29.9 Å². The summed E-state index contributed by atoms with van der Waals surface area (Å²) in [5, 5.41) is 3.20. The zero-order valence-corrected chi connectivity index (χ0v) is 22.2. The van der Waals surface area contributed by atoms with E-state index >= 15 is 0 Å². The van der Waals surface area contributed by atoms with Crippen molar-refractivity contribution in [1.82, 2.24) is 4.98 Å². The minimum absolute atomic E-state index is 0.000889. The molecule has 2 aliphatic carbocycles. The fraction of sp³-hybridized carbons (Fsp3) is 0.406. The molecule has 38 heavy (non-hydrogen) atoms. The molecule has 2 aromatic carbocycles. The fourth-order valence-electron chi connectivity index (χ4n) is 5.53. The van der Waals surface area contributed by atoms with Gasteiger partial charge in [0.15, 0.2) is 12.4 Å². The quantitative estimate of drug-likeness (QED) is 0.288. The molecular formula is C32H36N2O4. The Morgan fingerprint density at radius 3 is 2.47 bits per heavy atom. The van der Waals surface area contributed by atoms with Crippen LogP contribution < -0.4 is 14.8 Å². The van der Waals surface area contributed by atoms with Crippen LogP contribution in [0, 0.1) is 18.8 Å². The number of benzene rings is 2. The predicted octanol–water partition coefficient (Wildman–Crippen LogP) is 6.72. The van der Waals surface area contributed by atoms with E-state index in [1.165, 1.54) is 0 Å². The predicted molar refractivity (Wildman–Crippen MR) is 149 cm³/mol. The van der Waals surface area contributed by atoms with Crippen LogP contribution in [0.3, 0.4) is 0 Å². The first-order chi connectivity index (χ1) is 18.6. The number of anilines is 1. The maximum Gasteiger partial charge on any atom is 0.232 e. The zero-order valence-electron chi connectivity index (χ0n) is 22.2. The van der Waals surface area contributed by atoms with Crippen LogP contribution >= 0.6 is 0 Å². The van der Waals surface area contributed by atoms with Crippen LogP contribution in [-0.2, 0) is 9.59 Å². The van der Waals surface area contributed by atoms with Crippen LogP contribution in [0.15, 0.2) is 60.9 Å². The molecule has 2 fully saturated rings. The number of hydrogen-bond acceptors (Lipinski definition) is 5. The van der Waals surface area contributed by atoms with Gasteiger partial charge >= 0.3 is 0 Å². The Kier molecular flexibility index (Phi) is 8.06. The Bertz CT molecular complexity index is 1260. The second kappa shape index (κ2) is 11.8. The zero-order chi connectivity index (χ0) is 26.5. The van der Waals surface area contributed by atoms with Crippen molar-refractivity contribution >= 4 is 17.9 Å². The van der Waals surface area contributed by atoms with E-state index in [4.69, 9.17) is 9.47 Å². The van der Waals surface area contributed by atoms with Gasteiger partial charge in [0.25, 0.3) is 0 Å². The molecule has 5 rings (SSSR count). The lowest BCUT2D eigenvalue weighted by molar-refractivity contribution is -0.118. The molecule has 0 radical (unpaired) electrons. The maximum absolute atomic E-state index is 13.8. The van der Waals surface area contributed by atoms with E-state index in [0.717, 1.165) is 78.5 Å². The molecule has 6 nitrogen and oxygen atoms in total. The molecule has 2 unspecified atom stereocenters. The third-order valence-electron chi connectivity index (χ3n) is 7.81. The molecule has 6 heteroatoms. The van der Waals surface area contributed by atoms with E-state index in [0.29, 0.717) is 24.2 Å². The highest BCUT2D eigenvalue weighted by molar-refractivity contribution is 5.97. The van der Waals surface area contributed by atoms with Crippen LogP contribution in [0.25, 0.3) is 11.1 Å².